The van der Waals surface area contributed by atoms with E-state index in [1.54, 1.807) is 30.6 Å². The van der Waals surface area contributed by atoms with E-state index in [1.807, 2.05) is 0 Å². The molecule has 0 spiro atoms. The van der Waals surface area contributed by atoms with Gasteiger partial charge in [0, 0.05) is 16.9 Å². The molecule has 5 nitrogen and oxygen atoms in total. The van der Waals surface area contributed by atoms with Crippen LogP contribution in [-0.4, -0.2) is 18.4 Å². The van der Waals surface area contributed by atoms with E-state index in [-0.39, 0.29) is 11.4 Å². The normalized spacial score (nSPS) is 11.6. The molecule has 0 atom stereocenters. The quantitative estimate of drug-likeness (QED) is 0.901. The van der Waals surface area contributed by atoms with Crippen molar-refractivity contribution in [3.63, 3.8) is 0 Å². The molecule has 2 rings (SSSR count). The van der Waals surface area contributed by atoms with E-state index in [9.17, 15) is 8.42 Å². The Kier molecular flexibility index (Phi) is 3.60. The second kappa shape index (κ2) is 4.99. The summed E-state index contributed by atoms with van der Waals surface area (Å²) in [7, 11) is -3.52. The number of H-pyrrole nitrogens is 1. The molecule has 17 heavy (non-hydrogen) atoms. The van der Waals surface area contributed by atoms with Crippen molar-refractivity contribution in [1.82, 2.24) is 14.7 Å². The maximum Gasteiger partial charge on any atom is 0.242 e. The van der Waals surface area contributed by atoms with E-state index in [0.717, 1.165) is 0 Å². The van der Waals surface area contributed by atoms with Crippen molar-refractivity contribution in [2.45, 2.75) is 11.4 Å². The summed E-state index contributed by atoms with van der Waals surface area (Å²) in [6.45, 7) is 0.136. The highest BCUT2D eigenvalue weighted by Crippen LogP contribution is 2.20. The lowest BCUT2D eigenvalue weighted by molar-refractivity contribution is 0.579. The Morgan fingerprint density at radius 3 is 2.76 bits per heavy atom. The highest BCUT2D eigenvalue weighted by Gasteiger charge is 2.16. The lowest BCUT2D eigenvalue weighted by Gasteiger charge is -2.06. The number of hydrogen-bond acceptors (Lipinski definition) is 3. The Labute approximate surface area is 107 Å². The average molecular weight is 316 g/mol. The molecule has 0 unspecified atom stereocenters. The van der Waals surface area contributed by atoms with Crippen molar-refractivity contribution >= 4 is 26.0 Å². The predicted octanol–water partition coefficient (Wildman–Crippen LogP) is 1.65. The number of nitrogens with zero attached hydrogens (tertiary/aromatic N) is 1. The molecule has 2 aromatic rings. The maximum absolute atomic E-state index is 12.0. The van der Waals surface area contributed by atoms with Crippen LogP contribution in [0.4, 0.5) is 0 Å². The largest absolute Gasteiger partial charge is 0.347 e. The average Bonchev–Trinajstić information content (AvgIpc) is 2.80. The number of halogens is 1. The van der Waals surface area contributed by atoms with Crippen molar-refractivity contribution < 1.29 is 8.42 Å². The minimum atomic E-state index is -3.52. The van der Waals surface area contributed by atoms with Crippen LogP contribution in [0.15, 0.2) is 46.0 Å². The first kappa shape index (κ1) is 12.3. The fourth-order valence-corrected chi connectivity index (χ4v) is 3.29. The number of aromatic amines is 1. The van der Waals surface area contributed by atoms with Crippen molar-refractivity contribution in [3.8, 4) is 0 Å². The SMILES string of the molecule is O=S(=O)(NCc1ncc[nH]1)c1ccccc1Br. The van der Waals surface area contributed by atoms with Crippen LogP contribution >= 0.6 is 15.9 Å². The van der Waals surface area contributed by atoms with Gasteiger partial charge in [-0.25, -0.2) is 18.1 Å². The molecule has 7 heteroatoms. The lowest BCUT2D eigenvalue weighted by Crippen LogP contribution is -2.24. The Morgan fingerprint density at radius 2 is 2.12 bits per heavy atom. The smallest absolute Gasteiger partial charge is 0.242 e. The van der Waals surface area contributed by atoms with Crippen LogP contribution in [0.2, 0.25) is 0 Å². The molecule has 0 saturated heterocycles. The van der Waals surface area contributed by atoms with Crippen molar-refractivity contribution in [3.05, 3.63) is 47.0 Å². The molecule has 2 N–H and O–H groups in total. The van der Waals surface area contributed by atoms with Crippen molar-refractivity contribution in [2.24, 2.45) is 0 Å². The van der Waals surface area contributed by atoms with Gasteiger partial charge in [-0.1, -0.05) is 12.1 Å². The van der Waals surface area contributed by atoms with Crippen LogP contribution in [0, 0.1) is 0 Å². The lowest BCUT2D eigenvalue weighted by atomic mass is 10.4. The van der Waals surface area contributed by atoms with Gasteiger partial charge in [-0.3, -0.25) is 0 Å². The molecule has 0 radical (unpaired) electrons. The second-order valence-corrected chi connectivity index (χ2v) is 5.88. The summed E-state index contributed by atoms with van der Waals surface area (Å²) < 4.78 is 26.9. The minimum absolute atomic E-state index is 0.136. The Morgan fingerprint density at radius 1 is 1.35 bits per heavy atom. The van der Waals surface area contributed by atoms with Crippen LogP contribution in [0.25, 0.3) is 0 Å². The Bertz CT molecular complexity index is 596. The fourth-order valence-electron chi connectivity index (χ4n) is 1.30. The number of hydrogen-bond donors (Lipinski definition) is 2. The molecule has 1 heterocycles. The Balaban J connectivity index is 2.17. The van der Waals surface area contributed by atoms with Gasteiger partial charge >= 0.3 is 0 Å². The van der Waals surface area contributed by atoms with Gasteiger partial charge in [-0.2, -0.15) is 0 Å². The Hall–Kier alpha value is -1.18. The zero-order valence-electron chi connectivity index (χ0n) is 8.72. The van der Waals surface area contributed by atoms with Gasteiger partial charge in [-0.05, 0) is 28.1 Å². The van der Waals surface area contributed by atoms with Crippen molar-refractivity contribution in [2.75, 3.05) is 0 Å². The highest BCUT2D eigenvalue weighted by atomic mass is 79.9. The highest BCUT2D eigenvalue weighted by molar-refractivity contribution is 9.10. The molecule has 0 aliphatic heterocycles. The molecule has 90 valence electrons. The molecule has 0 amide bonds. The van der Waals surface area contributed by atoms with Gasteiger partial charge in [0.1, 0.15) is 5.82 Å². The van der Waals surface area contributed by atoms with E-state index >= 15 is 0 Å². The zero-order chi connectivity index (χ0) is 12.3. The van der Waals surface area contributed by atoms with Gasteiger partial charge in [0.05, 0.1) is 11.4 Å². The molecular weight excluding hydrogens is 306 g/mol. The van der Waals surface area contributed by atoms with Crippen LogP contribution in [-0.2, 0) is 16.6 Å². The molecule has 1 aromatic heterocycles. The first-order valence-corrected chi connectivity index (χ1v) is 7.09. The van der Waals surface area contributed by atoms with E-state index in [1.165, 1.54) is 6.07 Å². The molecule has 1 aromatic carbocycles. The number of nitrogens with one attached hydrogen (secondary N) is 2. The molecule has 0 aliphatic rings. The topological polar surface area (TPSA) is 74.8 Å². The van der Waals surface area contributed by atoms with E-state index < -0.39 is 10.0 Å². The first-order valence-electron chi connectivity index (χ1n) is 4.82. The van der Waals surface area contributed by atoms with E-state index in [2.05, 4.69) is 30.6 Å². The number of rotatable bonds is 4. The fraction of sp³-hybridized carbons (Fsp3) is 0.100. The van der Waals surface area contributed by atoms with Gasteiger partial charge in [0.2, 0.25) is 10.0 Å². The van der Waals surface area contributed by atoms with E-state index in [4.69, 9.17) is 0 Å². The standard InChI is InChI=1S/C10H10BrN3O2S/c11-8-3-1-2-4-9(8)17(15,16)14-7-10-12-5-6-13-10/h1-6,14H,7H2,(H,12,13). The third kappa shape index (κ3) is 2.93. The zero-order valence-corrected chi connectivity index (χ0v) is 11.1. The first-order chi connectivity index (χ1) is 8.09. The summed E-state index contributed by atoms with van der Waals surface area (Å²) in [4.78, 5) is 6.98. The van der Waals surface area contributed by atoms with Gasteiger partial charge < -0.3 is 4.98 Å². The summed E-state index contributed by atoms with van der Waals surface area (Å²) in [6.07, 6.45) is 3.21. The van der Waals surface area contributed by atoms with Crippen LogP contribution in [0.3, 0.4) is 0 Å². The summed E-state index contributed by atoms with van der Waals surface area (Å²) in [5.74, 6) is 0.570. The molecule has 0 aliphatic carbocycles. The van der Waals surface area contributed by atoms with Gasteiger partial charge in [-0.15, -0.1) is 0 Å². The number of benzene rings is 1. The van der Waals surface area contributed by atoms with Gasteiger partial charge in [0.15, 0.2) is 0 Å². The van der Waals surface area contributed by atoms with Crippen LogP contribution < -0.4 is 4.72 Å². The summed E-state index contributed by atoms with van der Waals surface area (Å²) in [5.41, 5.74) is 0. The summed E-state index contributed by atoms with van der Waals surface area (Å²) in [5, 5.41) is 0. The molecular formula is C10H10BrN3O2S. The summed E-state index contributed by atoms with van der Waals surface area (Å²) >= 11 is 3.21. The molecule has 0 fully saturated rings. The van der Waals surface area contributed by atoms with Crippen molar-refractivity contribution in [1.29, 1.82) is 0 Å². The minimum Gasteiger partial charge on any atom is -0.347 e. The summed E-state index contributed by atoms with van der Waals surface area (Å²) in [6, 6.07) is 6.65. The number of sulfonamides is 1. The number of aromatic nitrogens is 2. The number of imidazole rings is 1. The van der Waals surface area contributed by atoms with Crippen LogP contribution in [0.1, 0.15) is 5.82 Å². The van der Waals surface area contributed by atoms with E-state index in [0.29, 0.717) is 10.3 Å². The predicted molar refractivity (Wildman–Crippen MR) is 66.8 cm³/mol. The monoisotopic (exact) mass is 315 g/mol. The van der Waals surface area contributed by atoms with Crippen LogP contribution in [0.5, 0.6) is 0 Å². The maximum atomic E-state index is 12.0. The second-order valence-electron chi connectivity index (χ2n) is 3.29. The molecule has 0 bridgehead atoms. The van der Waals surface area contributed by atoms with Gasteiger partial charge in [0.25, 0.3) is 0 Å². The molecule has 0 saturated carbocycles. The third-order valence-corrected chi connectivity index (χ3v) is 4.52. The third-order valence-electron chi connectivity index (χ3n) is 2.11.